The molecule has 0 radical (unpaired) electrons. The van der Waals surface area contributed by atoms with E-state index < -0.39 is 0 Å². The summed E-state index contributed by atoms with van der Waals surface area (Å²) in [6.07, 6.45) is 8.44. The van der Waals surface area contributed by atoms with Gasteiger partial charge in [-0.15, -0.1) is 24.0 Å². The van der Waals surface area contributed by atoms with Crippen LogP contribution in [0.15, 0.2) is 41.4 Å². The zero-order valence-corrected chi connectivity index (χ0v) is 15.8. The zero-order valence-electron chi connectivity index (χ0n) is 13.4. The number of guanidine groups is 1. The molecule has 0 heterocycles. The fraction of sp³-hybridized carbons (Fsp3) is 0.471. The number of hydrogen-bond acceptors (Lipinski definition) is 2. The molecule has 0 amide bonds. The van der Waals surface area contributed by atoms with E-state index in [-0.39, 0.29) is 29.8 Å². The van der Waals surface area contributed by atoms with Gasteiger partial charge in [-0.2, -0.15) is 0 Å². The van der Waals surface area contributed by atoms with Crippen molar-refractivity contribution in [2.75, 3.05) is 20.2 Å². The Morgan fingerprint density at radius 2 is 1.91 bits per heavy atom. The lowest BCUT2D eigenvalue weighted by molar-refractivity contribution is 0.306. The van der Waals surface area contributed by atoms with Crippen molar-refractivity contribution in [1.29, 1.82) is 0 Å². The van der Waals surface area contributed by atoms with Crippen molar-refractivity contribution in [3.63, 3.8) is 0 Å². The molecule has 128 valence electrons. The average Bonchev–Trinajstić information content (AvgIpc) is 3.04. The van der Waals surface area contributed by atoms with Gasteiger partial charge in [-0.25, -0.2) is 4.39 Å². The molecule has 1 aromatic rings. The third-order valence-electron chi connectivity index (χ3n) is 3.52. The van der Waals surface area contributed by atoms with Gasteiger partial charge in [-0.05, 0) is 49.9 Å². The molecule has 0 aromatic heterocycles. The van der Waals surface area contributed by atoms with Gasteiger partial charge in [0.2, 0.25) is 0 Å². The van der Waals surface area contributed by atoms with Crippen molar-refractivity contribution in [1.82, 2.24) is 10.6 Å². The highest BCUT2D eigenvalue weighted by Crippen LogP contribution is 2.11. The van der Waals surface area contributed by atoms with Gasteiger partial charge in [0, 0.05) is 19.6 Å². The molecule has 0 saturated heterocycles. The van der Waals surface area contributed by atoms with Crippen LogP contribution in [0.25, 0.3) is 0 Å². The zero-order chi connectivity index (χ0) is 15.6. The van der Waals surface area contributed by atoms with Crippen LogP contribution in [-0.4, -0.2) is 32.2 Å². The first kappa shape index (κ1) is 19.7. The third-order valence-corrected chi connectivity index (χ3v) is 3.52. The quantitative estimate of drug-likeness (QED) is 0.228. The summed E-state index contributed by atoms with van der Waals surface area (Å²) in [6.45, 7) is 1.48. The molecule has 1 aliphatic rings. The van der Waals surface area contributed by atoms with E-state index in [0.717, 1.165) is 38.2 Å². The van der Waals surface area contributed by atoms with E-state index in [0.29, 0.717) is 18.4 Å². The minimum absolute atomic E-state index is 0. The predicted molar refractivity (Wildman–Crippen MR) is 103 cm³/mol. The molecule has 1 aliphatic carbocycles. The van der Waals surface area contributed by atoms with E-state index >= 15 is 0 Å². The Morgan fingerprint density at radius 1 is 1.22 bits per heavy atom. The van der Waals surface area contributed by atoms with Crippen molar-refractivity contribution < 1.29 is 9.13 Å². The van der Waals surface area contributed by atoms with Gasteiger partial charge in [0.25, 0.3) is 0 Å². The second-order valence-corrected chi connectivity index (χ2v) is 5.29. The largest absolute Gasteiger partial charge is 0.494 e. The topological polar surface area (TPSA) is 45.7 Å². The highest BCUT2D eigenvalue weighted by Gasteiger charge is 2.10. The normalized spacial score (nSPS) is 14.4. The molecule has 4 nitrogen and oxygen atoms in total. The monoisotopic (exact) mass is 433 g/mol. The average molecular weight is 433 g/mol. The number of hydrogen-bond donors (Lipinski definition) is 2. The van der Waals surface area contributed by atoms with Gasteiger partial charge in [0.1, 0.15) is 11.6 Å². The molecule has 0 fully saturated rings. The maximum atomic E-state index is 12.7. The van der Waals surface area contributed by atoms with Crippen molar-refractivity contribution in [2.24, 2.45) is 4.99 Å². The molecule has 0 atom stereocenters. The van der Waals surface area contributed by atoms with Crippen LogP contribution in [-0.2, 0) is 0 Å². The number of unbranched alkanes of at least 4 members (excludes halogenated alkanes) is 1. The summed E-state index contributed by atoms with van der Waals surface area (Å²) in [4.78, 5) is 4.23. The van der Waals surface area contributed by atoms with E-state index in [9.17, 15) is 4.39 Å². The second-order valence-electron chi connectivity index (χ2n) is 5.29. The number of benzene rings is 1. The van der Waals surface area contributed by atoms with E-state index in [2.05, 4.69) is 27.8 Å². The van der Waals surface area contributed by atoms with Crippen LogP contribution in [0.3, 0.4) is 0 Å². The Bertz CT molecular complexity index is 497. The van der Waals surface area contributed by atoms with Crippen LogP contribution in [0.1, 0.15) is 25.7 Å². The van der Waals surface area contributed by atoms with Crippen LogP contribution in [0, 0.1) is 5.82 Å². The van der Waals surface area contributed by atoms with Crippen LogP contribution in [0.2, 0.25) is 0 Å². The second kappa shape index (κ2) is 11.3. The lowest BCUT2D eigenvalue weighted by atomic mass is 10.2. The molecule has 0 bridgehead atoms. The molecular formula is C17H25FIN3O. The predicted octanol–water partition coefficient (Wildman–Crippen LogP) is 3.49. The molecular weight excluding hydrogens is 408 g/mol. The smallest absolute Gasteiger partial charge is 0.191 e. The third kappa shape index (κ3) is 7.67. The van der Waals surface area contributed by atoms with Crippen molar-refractivity contribution in [3.05, 3.63) is 42.2 Å². The molecule has 2 N–H and O–H groups in total. The van der Waals surface area contributed by atoms with Crippen LogP contribution in [0.5, 0.6) is 5.75 Å². The first-order valence-electron chi connectivity index (χ1n) is 7.78. The Labute approximate surface area is 154 Å². The maximum Gasteiger partial charge on any atom is 0.191 e. The minimum Gasteiger partial charge on any atom is -0.494 e. The summed E-state index contributed by atoms with van der Waals surface area (Å²) >= 11 is 0. The number of halogens is 2. The number of ether oxygens (including phenoxy) is 1. The number of rotatable bonds is 7. The van der Waals surface area contributed by atoms with Gasteiger partial charge in [0.15, 0.2) is 5.96 Å². The summed E-state index contributed by atoms with van der Waals surface area (Å²) in [7, 11) is 1.79. The Kier molecular flexibility index (Phi) is 9.66. The first-order valence-corrected chi connectivity index (χ1v) is 7.78. The SMILES string of the molecule is CN=C(NCCCCOc1ccc(F)cc1)NC1CC=CC1.I. The Morgan fingerprint density at radius 3 is 2.57 bits per heavy atom. The summed E-state index contributed by atoms with van der Waals surface area (Å²) in [5, 5.41) is 6.71. The molecule has 23 heavy (non-hydrogen) atoms. The van der Waals surface area contributed by atoms with Crippen LogP contribution in [0.4, 0.5) is 4.39 Å². The van der Waals surface area contributed by atoms with E-state index in [1.807, 2.05) is 0 Å². The number of nitrogens with one attached hydrogen (secondary N) is 2. The van der Waals surface area contributed by atoms with Gasteiger partial charge in [0.05, 0.1) is 6.61 Å². The van der Waals surface area contributed by atoms with Gasteiger partial charge in [-0.3, -0.25) is 4.99 Å². The Hall–Kier alpha value is -1.31. The lowest BCUT2D eigenvalue weighted by Gasteiger charge is -2.16. The highest BCUT2D eigenvalue weighted by molar-refractivity contribution is 14.0. The van der Waals surface area contributed by atoms with Crippen molar-refractivity contribution in [2.45, 2.75) is 31.7 Å². The van der Waals surface area contributed by atoms with E-state index in [4.69, 9.17) is 4.74 Å². The minimum atomic E-state index is -0.243. The van der Waals surface area contributed by atoms with Crippen LogP contribution >= 0.6 is 24.0 Å². The molecule has 0 spiro atoms. The van der Waals surface area contributed by atoms with Gasteiger partial charge >= 0.3 is 0 Å². The van der Waals surface area contributed by atoms with E-state index in [1.54, 1.807) is 19.2 Å². The standard InChI is InChI=1S/C17H24FN3O.HI/c1-19-17(21-15-6-2-3-7-15)20-12-4-5-13-22-16-10-8-14(18)9-11-16;/h2-3,8-11,15H,4-7,12-13H2,1H3,(H2,19,20,21);1H. The molecule has 0 unspecified atom stereocenters. The summed E-state index contributed by atoms with van der Waals surface area (Å²) in [6, 6.07) is 6.58. The van der Waals surface area contributed by atoms with Crippen LogP contribution < -0.4 is 15.4 Å². The number of aliphatic imine (C=N–C) groups is 1. The summed E-state index contributed by atoms with van der Waals surface area (Å²) < 4.78 is 18.3. The van der Waals surface area contributed by atoms with E-state index in [1.165, 1.54) is 12.1 Å². The van der Waals surface area contributed by atoms with Crippen molar-refractivity contribution >= 4 is 29.9 Å². The fourth-order valence-corrected chi connectivity index (χ4v) is 2.28. The number of nitrogens with zero attached hydrogens (tertiary/aromatic N) is 1. The molecule has 0 aliphatic heterocycles. The molecule has 1 aromatic carbocycles. The first-order chi connectivity index (χ1) is 10.8. The van der Waals surface area contributed by atoms with Crippen molar-refractivity contribution in [3.8, 4) is 5.75 Å². The molecule has 0 saturated carbocycles. The molecule has 6 heteroatoms. The fourth-order valence-electron chi connectivity index (χ4n) is 2.28. The Balaban J connectivity index is 0.00000264. The molecule has 2 rings (SSSR count). The maximum absolute atomic E-state index is 12.7. The summed E-state index contributed by atoms with van der Waals surface area (Å²) in [5.74, 6) is 1.32. The van der Waals surface area contributed by atoms with Gasteiger partial charge < -0.3 is 15.4 Å². The summed E-state index contributed by atoms with van der Waals surface area (Å²) in [5.41, 5.74) is 0. The van der Waals surface area contributed by atoms with Gasteiger partial charge in [-0.1, -0.05) is 12.2 Å². The lowest BCUT2D eigenvalue weighted by Crippen LogP contribution is -2.42. The highest BCUT2D eigenvalue weighted by atomic mass is 127.